The normalized spacial score (nSPS) is 13.7. The Kier molecular flexibility index (Phi) is 4.63. The monoisotopic (exact) mass is 435 g/mol. The van der Waals surface area contributed by atoms with Gasteiger partial charge in [-0.3, -0.25) is 24.2 Å². The van der Waals surface area contributed by atoms with Crippen molar-refractivity contribution >= 4 is 38.9 Å². The summed E-state index contributed by atoms with van der Waals surface area (Å²) in [5, 5.41) is 0. The zero-order valence-corrected chi connectivity index (χ0v) is 16.1. The lowest BCUT2D eigenvalue weighted by Gasteiger charge is -2.11. The molecule has 0 radical (unpaired) electrons. The number of nitrogens with zero attached hydrogens (tertiary/aromatic N) is 2. The Morgan fingerprint density at radius 3 is 2.62 bits per heavy atom. The number of carbonyl (C=O) groups excluding carboxylic acids is 2. The summed E-state index contributed by atoms with van der Waals surface area (Å²) >= 11 is 0.806. The van der Waals surface area contributed by atoms with Crippen molar-refractivity contribution in [1.29, 1.82) is 0 Å². The second kappa shape index (κ2) is 7.01. The molecule has 1 aliphatic rings. The molecule has 0 saturated heterocycles. The quantitative estimate of drug-likeness (QED) is 0.622. The maximum Gasteiger partial charge on any atom is 0.280 e. The predicted molar refractivity (Wildman–Crippen MR) is 99.9 cm³/mol. The number of nitrogens with one attached hydrogen (secondary N) is 1. The number of rotatable bonds is 5. The highest BCUT2D eigenvalue weighted by Gasteiger charge is 2.37. The van der Waals surface area contributed by atoms with Crippen molar-refractivity contribution in [2.24, 2.45) is 0 Å². The highest BCUT2D eigenvalue weighted by atomic mass is 32.2. The summed E-state index contributed by atoms with van der Waals surface area (Å²) in [4.78, 5) is 30.0. The Morgan fingerprint density at radius 2 is 1.86 bits per heavy atom. The van der Waals surface area contributed by atoms with Crippen LogP contribution < -0.4 is 4.72 Å². The minimum absolute atomic E-state index is 0.0464. The standard InChI is InChI=1S/C18H11F2N3O4S2/c19-10-3-5-13(20)14(8-10)22-29(26,27)15-6-4-11(28-15)9-23-17(24)12-2-1-7-21-16(12)18(23)25/h1-8,22H,9H2. The summed E-state index contributed by atoms with van der Waals surface area (Å²) in [6.45, 7) is -0.136. The van der Waals surface area contributed by atoms with E-state index in [0.717, 1.165) is 34.4 Å². The highest BCUT2D eigenvalue weighted by Crippen LogP contribution is 2.29. The second-order valence-corrected chi connectivity index (χ2v) is 9.12. The molecule has 0 spiro atoms. The lowest BCUT2D eigenvalue weighted by molar-refractivity contribution is 0.0642. The van der Waals surface area contributed by atoms with Gasteiger partial charge in [0.15, 0.2) is 0 Å². The van der Waals surface area contributed by atoms with Crippen molar-refractivity contribution in [1.82, 2.24) is 9.88 Å². The third-order valence-electron chi connectivity index (χ3n) is 4.12. The van der Waals surface area contributed by atoms with Crippen LogP contribution >= 0.6 is 11.3 Å². The molecule has 1 N–H and O–H groups in total. The van der Waals surface area contributed by atoms with Crippen LogP contribution in [-0.4, -0.2) is 30.1 Å². The molecule has 29 heavy (non-hydrogen) atoms. The Balaban J connectivity index is 1.55. The number of halogens is 2. The number of imide groups is 1. The first kappa shape index (κ1) is 19.2. The molecule has 3 heterocycles. The zero-order valence-electron chi connectivity index (χ0n) is 14.4. The van der Waals surface area contributed by atoms with Gasteiger partial charge in [-0.2, -0.15) is 0 Å². The van der Waals surface area contributed by atoms with E-state index >= 15 is 0 Å². The smallest absolute Gasteiger partial charge is 0.276 e. The minimum Gasteiger partial charge on any atom is -0.276 e. The SMILES string of the molecule is O=C1c2cccnc2C(=O)N1Cc1ccc(S(=O)(=O)Nc2cc(F)ccc2F)s1. The number of anilines is 1. The third kappa shape index (κ3) is 3.49. The summed E-state index contributed by atoms with van der Waals surface area (Å²) in [6, 6.07) is 8.14. The van der Waals surface area contributed by atoms with Gasteiger partial charge in [0.05, 0.1) is 17.8 Å². The van der Waals surface area contributed by atoms with Gasteiger partial charge in [-0.05, 0) is 36.4 Å². The molecule has 4 rings (SSSR count). The molecule has 2 amide bonds. The van der Waals surface area contributed by atoms with Gasteiger partial charge >= 0.3 is 0 Å². The van der Waals surface area contributed by atoms with E-state index in [9.17, 15) is 26.8 Å². The van der Waals surface area contributed by atoms with Crippen LogP contribution in [0.2, 0.25) is 0 Å². The number of sulfonamides is 1. The molecule has 3 aromatic rings. The van der Waals surface area contributed by atoms with Crippen molar-refractivity contribution in [2.75, 3.05) is 4.72 Å². The van der Waals surface area contributed by atoms with E-state index in [2.05, 4.69) is 4.98 Å². The van der Waals surface area contributed by atoms with Crippen LogP contribution in [0, 0.1) is 11.6 Å². The fraction of sp³-hybridized carbons (Fsp3) is 0.0556. The van der Waals surface area contributed by atoms with E-state index < -0.39 is 39.2 Å². The maximum atomic E-state index is 13.7. The van der Waals surface area contributed by atoms with Crippen LogP contribution in [-0.2, 0) is 16.6 Å². The van der Waals surface area contributed by atoms with Crippen LogP contribution in [0.25, 0.3) is 0 Å². The predicted octanol–water partition coefficient (Wildman–Crippen LogP) is 3.02. The first-order valence-corrected chi connectivity index (χ1v) is 10.4. The Labute approximate surface area is 167 Å². The molecule has 0 saturated carbocycles. The molecule has 0 aliphatic carbocycles. The molecule has 148 valence electrons. The molecule has 0 fully saturated rings. The lowest BCUT2D eigenvalue weighted by Crippen LogP contribution is -2.28. The Hall–Kier alpha value is -3.18. The molecular weight excluding hydrogens is 424 g/mol. The molecule has 1 aliphatic heterocycles. The van der Waals surface area contributed by atoms with Gasteiger partial charge in [0, 0.05) is 17.1 Å². The minimum atomic E-state index is -4.18. The van der Waals surface area contributed by atoms with Crippen molar-refractivity contribution < 1.29 is 26.8 Å². The fourth-order valence-corrected chi connectivity index (χ4v) is 5.17. The van der Waals surface area contributed by atoms with E-state index in [1.165, 1.54) is 24.4 Å². The van der Waals surface area contributed by atoms with Gasteiger partial charge < -0.3 is 0 Å². The molecule has 11 heteroatoms. The number of hydrogen-bond acceptors (Lipinski definition) is 6. The van der Waals surface area contributed by atoms with Gasteiger partial charge in [0.25, 0.3) is 21.8 Å². The first-order valence-electron chi connectivity index (χ1n) is 8.14. The number of carbonyl (C=O) groups is 2. The van der Waals surface area contributed by atoms with Crippen LogP contribution in [0.4, 0.5) is 14.5 Å². The van der Waals surface area contributed by atoms with Crippen LogP contribution in [0.3, 0.4) is 0 Å². The van der Waals surface area contributed by atoms with E-state index in [1.54, 1.807) is 6.07 Å². The number of fused-ring (bicyclic) bond motifs is 1. The molecule has 1 aromatic carbocycles. The van der Waals surface area contributed by atoms with E-state index in [0.29, 0.717) is 4.88 Å². The van der Waals surface area contributed by atoms with Gasteiger partial charge in [0.1, 0.15) is 21.5 Å². The zero-order chi connectivity index (χ0) is 20.8. The molecule has 0 atom stereocenters. The van der Waals surface area contributed by atoms with Crippen LogP contribution in [0.5, 0.6) is 0 Å². The number of thiophene rings is 1. The van der Waals surface area contributed by atoms with Gasteiger partial charge in [-0.15, -0.1) is 11.3 Å². The summed E-state index contributed by atoms with van der Waals surface area (Å²) in [6.07, 6.45) is 1.40. The average Bonchev–Trinajstić information content (AvgIpc) is 3.25. The van der Waals surface area contributed by atoms with E-state index in [-0.39, 0.29) is 22.0 Å². The van der Waals surface area contributed by atoms with Gasteiger partial charge in [-0.25, -0.2) is 17.2 Å². The van der Waals surface area contributed by atoms with Gasteiger partial charge in [0.2, 0.25) is 0 Å². The van der Waals surface area contributed by atoms with E-state index in [1.807, 2.05) is 4.72 Å². The van der Waals surface area contributed by atoms with Gasteiger partial charge in [-0.1, -0.05) is 0 Å². The number of amides is 2. The summed E-state index contributed by atoms with van der Waals surface area (Å²) in [5.74, 6) is -2.81. The molecule has 0 bridgehead atoms. The van der Waals surface area contributed by atoms with Crippen LogP contribution in [0.15, 0.2) is 52.9 Å². The van der Waals surface area contributed by atoms with Crippen molar-refractivity contribution in [3.63, 3.8) is 0 Å². The molecule has 0 unspecified atom stereocenters. The Bertz CT molecular complexity index is 1220. The second-order valence-electron chi connectivity index (χ2n) is 6.05. The number of aromatic nitrogens is 1. The first-order chi connectivity index (χ1) is 13.8. The third-order valence-corrected chi connectivity index (χ3v) is 7.05. The lowest BCUT2D eigenvalue weighted by atomic mass is 10.2. The summed E-state index contributed by atoms with van der Waals surface area (Å²) < 4.78 is 53.8. The summed E-state index contributed by atoms with van der Waals surface area (Å²) in [7, 11) is -4.18. The molecule has 7 nitrogen and oxygen atoms in total. The summed E-state index contributed by atoms with van der Waals surface area (Å²) in [5.41, 5.74) is -0.290. The number of pyridine rings is 1. The number of hydrogen-bond donors (Lipinski definition) is 1. The molecular formula is C18H11F2N3O4S2. The average molecular weight is 435 g/mol. The topological polar surface area (TPSA) is 96.4 Å². The maximum absolute atomic E-state index is 13.7. The number of benzene rings is 1. The van der Waals surface area contributed by atoms with Crippen molar-refractivity contribution in [3.05, 3.63) is 76.4 Å². The van der Waals surface area contributed by atoms with Crippen molar-refractivity contribution in [3.8, 4) is 0 Å². The van der Waals surface area contributed by atoms with Crippen LogP contribution in [0.1, 0.15) is 25.7 Å². The van der Waals surface area contributed by atoms with Crippen molar-refractivity contribution in [2.45, 2.75) is 10.8 Å². The van der Waals surface area contributed by atoms with E-state index in [4.69, 9.17) is 0 Å². The highest BCUT2D eigenvalue weighted by molar-refractivity contribution is 7.94. The largest absolute Gasteiger partial charge is 0.280 e. The Morgan fingerprint density at radius 1 is 1.07 bits per heavy atom. The fourth-order valence-electron chi connectivity index (χ4n) is 2.77. The molecule has 2 aromatic heterocycles.